The lowest BCUT2D eigenvalue weighted by molar-refractivity contribution is 0.102. The van der Waals surface area contributed by atoms with Gasteiger partial charge in [-0.2, -0.15) is 5.10 Å². The Morgan fingerprint density at radius 2 is 2.09 bits per heavy atom. The second kappa shape index (κ2) is 4.95. The third-order valence-corrected chi connectivity index (χ3v) is 3.90. The van der Waals surface area contributed by atoms with Gasteiger partial charge in [-0.25, -0.2) is 4.98 Å². The van der Waals surface area contributed by atoms with Crippen LogP contribution in [-0.2, 0) is 7.05 Å². The molecule has 0 atom stereocenters. The number of amides is 1. The number of rotatable bonds is 2. The lowest BCUT2D eigenvalue weighted by Crippen LogP contribution is -2.12. The quantitative estimate of drug-likeness (QED) is 0.598. The number of hydrogen-bond donors (Lipinski definition) is 2. The molecule has 0 saturated carbocycles. The van der Waals surface area contributed by atoms with Gasteiger partial charge in [-0.05, 0) is 25.1 Å². The Balaban J connectivity index is 1.66. The SMILES string of the molecule is Cc1nn(C)c2ncc(NC(=O)c3cc4ccccc4[nH]3)cc12. The van der Waals surface area contributed by atoms with E-state index in [9.17, 15) is 4.79 Å². The van der Waals surface area contributed by atoms with Crippen molar-refractivity contribution in [1.29, 1.82) is 0 Å². The van der Waals surface area contributed by atoms with Crippen molar-refractivity contribution in [3.63, 3.8) is 0 Å². The summed E-state index contributed by atoms with van der Waals surface area (Å²) in [5, 5.41) is 9.15. The van der Waals surface area contributed by atoms with Crippen molar-refractivity contribution in [3.05, 3.63) is 54.0 Å². The number of nitrogens with zero attached hydrogens (tertiary/aromatic N) is 3. The van der Waals surface area contributed by atoms with E-state index in [2.05, 4.69) is 20.4 Å². The van der Waals surface area contributed by atoms with Crippen molar-refractivity contribution in [3.8, 4) is 0 Å². The average molecular weight is 305 g/mol. The molecule has 2 N–H and O–H groups in total. The van der Waals surface area contributed by atoms with Gasteiger partial charge in [0, 0.05) is 23.3 Å². The van der Waals surface area contributed by atoms with E-state index in [4.69, 9.17) is 0 Å². The first kappa shape index (κ1) is 13.5. The molecular formula is C17H15N5O. The number of para-hydroxylation sites is 1. The van der Waals surface area contributed by atoms with Crippen LogP contribution in [0.5, 0.6) is 0 Å². The number of hydrogen-bond acceptors (Lipinski definition) is 3. The van der Waals surface area contributed by atoms with E-state index in [0.717, 1.165) is 27.6 Å². The topological polar surface area (TPSA) is 75.6 Å². The van der Waals surface area contributed by atoms with Crippen LogP contribution in [-0.4, -0.2) is 25.7 Å². The second-order valence-corrected chi connectivity index (χ2v) is 5.53. The first-order chi connectivity index (χ1) is 11.1. The van der Waals surface area contributed by atoms with E-state index >= 15 is 0 Å². The number of aryl methyl sites for hydroxylation is 2. The van der Waals surface area contributed by atoms with Crippen molar-refractivity contribution < 1.29 is 4.79 Å². The number of fused-ring (bicyclic) bond motifs is 2. The Bertz CT molecular complexity index is 1010. The minimum absolute atomic E-state index is 0.191. The van der Waals surface area contributed by atoms with Crippen LogP contribution in [0.3, 0.4) is 0 Å². The van der Waals surface area contributed by atoms with E-state index in [1.807, 2.05) is 50.4 Å². The summed E-state index contributed by atoms with van der Waals surface area (Å²) in [6, 6.07) is 11.5. The maximum Gasteiger partial charge on any atom is 0.272 e. The Labute approximate surface area is 132 Å². The van der Waals surface area contributed by atoms with E-state index in [0.29, 0.717) is 11.4 Å². The standard InChI is InChI=1S/C17H15N5O/c1-10-13-8-12(9-18-16(13)22(2)21-10)19-17(23)15-7-11-5-3-4-6-14(11)20-15/h3-9,20H,1-2H3,(H,19,23). The van der Waals surface area contributed by atoms with Crippen molar-refractivity contribution in [2.45, 2.75) is 6.92 Å². The number of carbonyl (C=O) groups is 1. The molecule has 6 nitrogen and oxygen atoms in total. The number of aromatic amines is 1. The molecule has 0 bridgehead atoms. The second-order valence-electron chi connectivity index (χ2n) is 5.53. The van der Waals surface area contributed by atoms with Gasteiger partial charge in [0.15, 0.2) is 5.65 Å². The van der Waals surface area contributed by atoms with Crippen LogP contribution in [0.4, 0.5) is 5.69 Å². The molecule has 0 unspecified atom stereocenters. The molecule has 0 fully saturated rings. The molecule has 3 aromatic heterocycles. The Hall–Kier alpha value is -3.15. The molecule has 3 heterocycles. The number of benzene rings is 1. The summed E-state index contributed by atoms with van der Waals surface area (Å²) >= 11 is 0. The summed E-state index contributed by atoms with van der Waals surface area (Å²) < 4.78 is 1.73. The van der Waals surface area contributed by atoms with Gasteiger partial charge in [0.2, 0.25) is 0 Å². The van der Waals surface area contributed by atoms with E-state index in [1.54, 1.807) is 10.9 Å². The summed E-state index contributed by atoms with van der Waals surface area (Å²) in [4.78, 5) is 19.9. The van der Waals surface area contributed by atoms with Crippen molar-refractivity contribution in [2.24, 2.45) is 7.05 Å². The minimum atomic E-state index is -0.191. The molecular weight excluding hydrogens is 290 g/mol. The molecule has 0 aliphatic rings. The fraction of sp³-hybridized carbons (Fsp3) is 0.118. The van der Waals surface area contributed by atoms with Crippen LogP contribution < -0.4 is 5.32 Å². The van der Waals surface area contributed by atoms with E-state index < -0.39 is 0 Å². The van der Waals surface area contributed by atoms with Gasteiger partial charge in [0.05, 0.1) is 17.6 Å². The zero-order valence-corrected chi connectivity index (χ0v) is 12.8. The summed E-state index contributed by atoms with van der Waals surface area (Å²) in [6.07, 6.45) is 1.64. The van der Waals surface area contributed by atoms with Gasteiger partial charge in [-0.15, -0.1) is 0 Å². The molecule has 0 aliphatic heterocycles. The first-order valence-electron chi connectivity index (χ1n) is 7.30. The molecule has 1 aromatic carbocycles. The monoisotopic (exact) mass is 305 g/mol. The third kappa shape index (κ3) is 2.24. The van der Waals surface area contributed by atoms with Crippen LogP contribution >= 0.6 is 0 Å². The number of H-pyrrole nitrogens is 1. The zero-order chi connectivity index (χ0) is 16.0. The molecule has 4 aromatic rings. The minimum Gasteiger partial charge on any atom is -0.351 e. The maximum absolute atomic E-state index is 12.4. The fourth-order valence-electron chi connectivity index (χ4n) is 2.77. The number of carbonyl (C=O) groups excluding carboxylic acids is 1. The first-order valence-corrected chi connectivity index (χ1v) is 7.30. The highest BCUT2D eigenvalue weighted by Crippen LogP contribution is 2.20. The van der Waals surface area contributed by atoms with Crippen molar-refractivity contribution in [1.82, 2.24) is 19.7 Å². The van der Waals surface area contributed by atoms with Gasteiger partial charge < -0.3 is 10.3 Å². The smallest absolute Gasteiger partial charge is 0.272 e. The molecule has 0 saturated heterocycles. The van der Waals surface area contributed by atoms with Crippen LogP contribution in [0.15, 0.2) is 42.6 Å². The third-order valence-electron chi connectivity index (χ3n) is 3.90. The Morgan fingerprint density at radius 3 is 2.91 bits per heavy atom. The van der Waals surface area contributed by atoms with Gasteiger partial charge in [-0.3, -0.25) is 9.48 Å². The molecule has 23 heavy (non-hydrogen) atoms. The molecule has 114 valence electrons. The summed E-state index contributed by atoms with van der Waals surface area (Å²) in [7, 11) is 1.85. The van der Waals surface area contributed by atoms with E-state index in [1.165, 1.54) is 0 Å². The highest BCUT2D eigenvalue weighted by Gasteiger charge is 2.12. The molecule has 0 spiro atoms. The molecule has 0 aliphatic carbocycles. The highest BCUT2D eigenvalue weighted by atomic mass is 16.1. The van der Waals surface area contributed by atoms with E-state index in [-0.39, 0.29) is 5.91 Å². The van der Waals surface area contributed by atoms with Crippen molar-refractivity contribution >= 4 is 33.5 Å². The van der Waals surface area contributed by atoms with Gasteiger partial charge in [0.1, 0.15) is 5.69 Å². The maximum atomic E-state index is 12.4. The molecule has 0 radical (unpaired) electrons. The van der Waals surface area contributed by atoms with Gasteiger partial charge >= 0.3 is 0 Å². The lowest BCUT2D eigenvalue weighted by Gasteiger charge is -2.03. The van der Waals surface area contributed by atoms with Crippen LogP contribution in [0, 0.1) is 6.92 Å². The van der Waals surface area contributed by atoms with Crippen LogP contribution in [0.1, 0.15) is 16.2 Å². The molecule has 4 rings (SSSR count). The average Bonchev–Trinajstić information content (AvgIpc) is 3.09. The van der Waals surface area contributed by atoms with Crippen LogP contribution in [0.25, 0.3) is 21.9 Å². The van der Waals surface area contributed by atoms with Crippen LogP contribution in [0.2, 0.25) is 0 Å². The number of aromatic nitrogens is 4. The zero-order valence-electron chi connectivity index (χ0n) is 12.8. The number of anilines is 1. The van der Waals surface area contributed by atoms with Crippen molar-refractivity contribution in [2.75, 3.05) is 5.32 Å². The summed E-state index contributed by atoms with van der Waals surface area (Å²) in [5.41, 5.74) is 3.80. The summed E-state index contributed by atoms with van der Waals surface area (Å²) in [5.74, 6) is -0.191. The Morgan fingerprint density at radius 1 is 1.26 bits per heavy atom. The highest BCUT2D eigenvalue weighted by molar-refractivity contribution is 6.06. The molecule has 1 amide bonds. The van der Waals surface area contributed by atoms with Gasteiger partial charge in [0.25, 0.3) is 5.91 Å². The number of pyridine rings is 1. The number of nitrogens with one attached hydrogen (secondary N) is 2. The lowest BCUT2D eigenvalue weighted by atomic mass is 10.2. The normalized spacial score (nSPS) is 11.2. The predicted octanol–water partition coefficient (Wildman–Crippen LogP) is 3.01. The molecule has 6 heteroatoms. The largest absolute Gasteiger partial charge is 0.351 e. The predicted molar refractivity (Wildman–Crippen MR) is 89.5 cm³/mol. The Kier molecular flexibility index (Phi) is 2.90. The van der Waals surface area contributed by atoms with Gasteiger partial charge in [-0.1, -0.05) is 18.2 Å². The fourth-order valence-corrected chi connectivity index (χ4v) is 2.77. The summed E-state index contributed by atoms with van der Waals surface area (Å²) in [6.45, 7) is 1.92.